The number of hydrogen-bond donors (Lipinski definition) is 0. The van der Waals surface area contributed by atoms with Crippen molar-refractivity contribution in [3.8, 4) is 17.6 Å². The fourth-order valence-corrected chi connectivity index (χ4v) is 2.34. The van der Waals surface area contributed by atoms with E-state index in [0.717, 1.165) is 36.3 Å². The van der Waals surface area contributed by atoms with Crippen LogP contribution in [0, 0.1) is 11.3 Å². The van der Waals surface area contributed by atoms with Gasteiger partial charge in [-0.1, -0.05) is 12.1 Å². The lowest BCUT2D eigenvalue weighted by atomic mass is 9.65. The van der Waals surface area contributed by atoms with Gasteiger partial charge in [-0.2, -0.15) is 5.26 Å². The lowest BCUT2D eigenvalue weighted by Gasteiger charge is -2.36. The molecule has 0 bridgehead atoms. The fourth-order valence-electron chi connectivity index (χ4n) is 2.34. The second-order valence-corrected chi connectivity index (χ2v) is 4.32. The zero-order valence-electron chi connectivity index (χ0n) is 10.3. The zero-order valence-corrected chi connectivity index (χ0v) is 10.3. The Labute approximate surface area is 102 Å². The quantitative estimate of drug-likeness (QED) is 0.799. The molecule has 1 aliphatic rings. The van der Waals surface area contributed by atoms with Gasteiger partial charge in [0.25, 0.3) is 0 Å². The topological polar surface area (TPSA) is 42.2 Å². The summed E-state index contributed by atoms with van der Waals surface area (Å²) >= 11 is 0. The second kappa shape index (κ2) is 4.67. The van der Waals surface area contributed by atoms with Gasteiger partial charge < -0.3 is 9.47 Å². The largest absolute Gasteiger partial charge is 0.493 e. The molecule has 0 heterocycles. The van der Waals surface area contributed by atoms with Crippen LogP contribution in [0.15, 0.2) is 18.2 Å². The van der Waals surface area contributed by atoms with E-state index >= 15 is 0 Å². The number of hydrogen-bond acceptors (Lipinski definition) is 3. The maximum absolute atomic E-state index is 9.38. The maximum Gasteiger partial charge on any atom is 0.165 e. The van der Waals surface area contributed by atoms with Crippen molar-refractivity contribution in [1.82, 2.24) is 0 Å². The predicted molar refractivity (Wildman–Crippen MR) is 65.3 cm³/mol. The van der Waals surface area contributed by atoms with Crippen molar-refractivity contribution in [2.75, 3.05) is 13.7 Å². The number of nitriles is 1. The van der Waals surface area contributed by atoms with Crippen molar-refractivity contribution in [1.29, 1.82) is 5.26 Å². The number of ether oxygens (including phenoxy) is 2. The Bertz CT molecular complexity index is 444. The van der Waals surface area contributed by atoms with Gasteiger partial charge in [0.2, 0.25) is 0 Å². The summed E-state index contributed by atoms with van der Waals surface area (Å²) in [6, 6.07) is 8.23. The summed E-state index contributed by atoms with van der Waals surface area (Å²) in [6.45, 7) is 2.54. The predicted octanol–water partition coefficient (Wildman–Crippen LogP) is 3.04. The molecule has 1 saturated carbocycles. The Morgan fingerprint density at radius 2 is 2.18 bits per heavy atom. The second-order valence-electron chi connectivity index (χ2n) is 4.32. The van der Waals surface area contributed by atoms with E-state index in [1.54, 1.807) is 7.11 Å². The van der Waals surface area contributed by atoms with Crippen molar-refractivity contribution in [2.24, 2.45) is 0 Å². The van der Waals surface area contributed by atoms with E-state index in [0.29, 0.717) is 6.61 Å². The van der Waals surface area contributed by atoms with Gasteiger partial charge in [-0.15, -0.1) is 0 Å². The molecule has 0 N–H and O–H groups in total. The maximum atomic E-state index is 9.38. The van der Waals surface area contributed by atoms with Crippen LogP contribution in [0.3, 0.4) is 0 Å². The number of para-hydroxylation sites is 1. The number of nitrogens with zero attached hydrogens (tertiary/aromatic N) is 1. The standard InChI is InChI=1S/C14H17NO2/c1-3-17-12-7-4-6-11(13(12)16-2)14(10-15)8-5-9-14/h4,6-7H,3,5,8-9H2,1-2H3. The molecule has 0 saturated heterocycles. The van der Waals surface area contributed by atoms with Crippen LogP contribution in [-0.4, -0.2) is 13.7 Å². The van der Waals surface area contributed by atoms with E-state index in [-0.39, 0.29) is 5.41 Å². The zero-order chi connectivity index (χ0) is 12.3. The first-order valence-electron chi connectivity index (χ1n) is 5.99. The van der Waals surface area contributed by atoms with Crippen LogP contribution in [0.1, 0.15) is 31.7 Å². The van der Waals surface area contributed by atoms with Crippen LogP contribution < -0.4 is 9.47 Å². The molecule has 1 fully saturated rings. The summed E-state index contributed by atoms with van der Waals surface area (Å²) in [5.74, 6) is 1.45. The Hall–Kier alpha value is -1.69. The van der Waals surface area contributed by atoms with Gasteiger partial charge in [0.05, 0.1) is 25.2 Å². The third-order valence-electron chi connectivity index (χ3n) is 3.42. The van der Waals surface area contributed by atoms with Crippen LogP contribution in [0.5, 0.6) is 11.5 Å². The lowest BCUT2D eigenvalue weighted by Crippen LogP contribution is -2.32. The third kappa shape index (κ3) is 1.84. The molecule has 3 heteroatoms. The average Bonchev–Trinajstić information content (AvgIpc) is 2.29. The van der Waals surface area contributed by atoms with Gasteiger partial charge in [-0.05, 0) is 32.3 Å². The molecule has 0 aliphatic heterocycles. The normalized spacial score (nSPS) is 16.8. The molecule has 1 aromatic rings. The van der Waals surface area contributed by atoms with E-state index in [1.165, 1.54) is 0 Å². The summed E-state index contributed by atoms with van der Waals surface area (Å²) in [5.41, 5.74) is 0.609. The van der Waals surface area contributed by atoms with E-state index in [1.807, 2.05) is 25.1 Å². The Morgan fingerprint density at radius 1 is 1.41 bits per heavy atom. The highest BCUT2D eigenvalue weighted by Gasteiger charge is 2.41. The first-order valence-corrected chi connectivity index (χ1v) is 5.99. The van der Waals surface area contributed by atoms with E-state index in [4.69, 9.17) is 9.47 Å². The van der Waals surface area contributed by atoms with Crippen LogP contribution in [0.4, 0.5) is 0 Å². The minimum absolute atomic E-state index is 0.363. The smallest absolute Gasteiger partial charge is 0.165 e. The van der Waals surface area contributed by atoms with E-state index < -0.39 is 0 Å². The van der Waals surface area contributed by atoms with Crippen molar-refractivity contribution in [3.63, 3.8) is 0 Å². The molecular weight excluding hydrogens is 214 g/mol. The minimum Gasteiger partial charge on any atom is -0.493 e. The summed E-state index contributed by atoms with van der Waals surface area (Å²) in [5, 5.41) is 9.38. The molecular formula is C14H17NO2. The molecule has 3 nitrogen and oxygen atoms in total. The van der Waals surface area contributed by atoms with Crippen LogP contribution in [0.2, 0.25) is 0 Å². The molecule has 17 heavy (non-hydrogen) atoms. The summed E-state index contributed by atoms with van der Waals surface area (Å²) in [7, 11) is 1.63. The minimum atomic E-state index is -0.363. The molecule has 1 aromatic carbocycles. The summed E-state index contributed by atoms with van der Waals surface area (Å²) < 4.78 is 11.0. The van der Waals surface area contributed by atoms with Crippen molar-refractivity contribution in [3.05, 3.63) is 23.8 Å². The van der Waals surface area contributed by atoms with Gasteiger partial charge in [0.1, 0.15) is 0 Å². The Morgan fingerprint density at radius 3 is 2.65 bits per heavy atom. The molecule has 0 radical (unpaired) electrons. The molecule has 2 rings (SSSR count). The fraction of sp³-hybridized carbons (Fsp3) is 0.500. The SMILES string of the molecule is CCOc1cccc(C2(C#N)CCC2)c1OC. The first kappa shape index (κ1) is 11.8. The molecule has 0 amide bonds. The van der Waals surface area contributed by atoms with Gasteiger partial charge in [-0.3, -0.25) is 0 Å². The Kier molecular flexibility index (Phi) is 3.23. The molecule has 1 aliphatic carbocycles. The molecule has 0 unspecified atom stereocenters. The van der Waals surface area contributed by atoms with E-state index in [2.05, 4.69) is 6.07 Å². The first-order chi connectivity index (χ1) is 8.27. The highest BCUT2D eigenvalue weighted by molar-refractivity contribution is 5.53. The van der Waals surface area contributed by atoms with Crippen LogP contribution in [0.25, 0.3) is 0 Å². The van der Waals surface area contributed by atoms with Crippen molar-refractivity contribution < 1.29 is 9.47 Å². The van der Waals surface area contributed by atoms with Crippen LogP contribution >= 0.6 is 0 Å². The average molecular weight is 231 g/mol. The van der Waals surface area contributed by atoms with Gasteiger partial charge in [-0.25, -0.2) is 0 Å². The van der Waals surface area contributed by atoms with Crippen molar-refractivity contribution >= 4 is 0 Å². The Balaban J connectivity index is 2.47. The molecule has 0 aromatic heterocycles. The lowest BCUT2D eigenvalue weighted by molar-refractivity contribution is 0.284. The summed E-state index contributed by atoms with van der Waals surface area (Å²) in [6.07, 6.45) is 2.93. The van der Waals surface area contributed by atoms with Gasteiger partial charge >= 0.3 is 0 Å². The number of methoxy groups -OCH3 is 1. The molecule has 0 atom stereocenters. The highest BCUT2D eigenvalue weighted by Crippen LogP contribution is 2.48. The molecule has 0 spiro atoms. The monoisotopic (exact) mass is 231 g/mol. The van der Waals surface area contributed by atoms with Crippen LogP contribution in [-0.2, 0) is 5.41 Å². The molecule has 90 valence electrons. The van der Waals surface area contributed by atoms with E-state index in [9.17, 15) is 5.26 Å². The number of rotatable bonds is 4. The third-order valence-corrected chi connectivity index (χ3v) is 3.42. The van der Waals surface area contributed by atoms with Gasteiger partial charge in [0.15, 0.2) is 11.5 Å². The van der Waals surface area contributed by atoms with Crippen molar-refractivity contribution in [2.45, 2.75) is 31.6 Å². The summed E-state index contributed by atoms with van der Waals surface area (Å²) in [4.78, 5) is 0. The van der Waals surface area contributed by atoms with Gasteiger partial charge in [0, 0.05) is 5.56 Å². The highest BCUT2D eigenvalue weighted by atomic mass is 16.5. The number of benzene rings is 1.